The fourth-order valence-corrected chi connectivity index (χ4v) is 1.69. The summed E-state index contributed by atoms with van der Waals surface area (Å²) in [5.74, 6) is 0.249. The minimum absolute atomic E-state index is 0.249. The van der Waals surface area contributed by atoms with Crippen LogP contribution in [0.5, 0.6) is 0 Å². The van der Waals surface area contributed by atoms with Crippen LogP contribution in [0.25, 0.3) is 0 Å². The molecule has 1 saturated heterocycles. The average Bonchev–Trinajstić information content (AvgIpc) is 2.15. The predicted molar refractivity (Wildman–Crippen MR) is 57.0 cm³/mol. The van der Waals surface area contributed by atoms with Gasteiger partial charge in [-0.1, -0.05) is 0 Å². The predicted octanol–water partition coefficient (Wildman–Crippen LogP) is -0.112. The van der Waals surface area contributed by atoms with Gasteiger partial charge in [0.05, 0.1) is 6.54 Å². The summed E-state index contributed by atoms with van der Waals surface area (Å²) in [6.45, 7) is 8.16. The van der Waals surface area contributed by atoms with E-state index in [2.05, 4.69) is 18.7 Å². The summed E-state index contributed by atoms with van der Waals surface area (Å²) >= 11 is 0. The SMILES string of the molecule is CC(C)N1CCN(CCCN)C(=O)C1. The molecule has 0 aromatic carbocycles. The maximum absolute atomic E-state index is 11.7. The Morgan fingerprint density at radius 1 is 1.43 bits per heavy atom. The van der Waals surface area contributed by atoms with Crippen LogP contribution >= 0.6 is 0 Å². The minimum Gasteiger partial charge on any atom is -0.340 e. The Balaban J connectivity index is 2.36. The second-order valence-electron chi connectivity index (χ2n) is 4.09. The number of amides is 1. The van der Waals surface area contributed by atoms with Crippen LogP contribution in [-0.2, 0) is 4.79 Å². The highest BCUT2D eigenvalue weighted by Crippen LogP contribution is 2.07. The number of nitrogens with two attached hydrogens (primary N) is 1. The van der Waals surface area contributed by atoms with Crippen LogP contribution in [0, 0.1) is 0 Å². The van der Waals surface area contributed by atoms with E-state index in [0.717, 1.165) is 26.1 Å². The molecule has 1 heterocycles. The van der Waals surface area contributed by atoms with Gasteiger partial charge in [0.25, 0.3) is 0 Å². The second-order valence-corrected chi connectivity index (χ2v) is 4.09. The van der Waals surface area contributed by atoms with Crippen molar-refractivity contribution < 1.29 is 4.79 Å². The molecule has 0 radical (unpaired) electrons. The van der Waals surface area contributed by atoms with Crippen LogP contribution in [0.3, 0.4) is 0 Å². The molecular weight excluding hydrogens is 178 g/mol. The molecule has 0 atom stereocenters. The van der Waals surface area contributed by atoms with Crippen molar-refractivity contribution in [2.24, 2.45) is 5.73 Å². The number of hydrogen-bond acceptors (Lipinski definition) is 3. The van der Waals surface area contributed by atoms with Crippen molar-refractivity contribution in [3.63, 3.8) is 0 Å². The van der Waals surface area contributed by atoms with E-state index in [1.54, 1.807) is 0 Å². The molecule has 82 valence electrons. The lowest BCUT2D eigenvalue weighted by Crippen LogP contribution is -2.52. The Hall–Kier alpha value is -0.610. The van der Waals surface area contributed by atoms with E-state index in [1.165, 1.54) is 0 Å². The van der Waals surface area contributed by atoms with Crippen molar-refractivity contribution in [3.8, 4) is 0 Å². The van der Waals surface area contributed by atoms with Crippen LogP contribution in [0.4, 0.5) is 0 Å². The molecule has 0 aliphatic carbocycles. The molecule has 0 unspecified atom stereocenters. The van der Waals surface area contributed by atoms with Gasteiger partial charge in [0.15, 0.2) is 0 Å². The van der Waals surface area contributed by atoms with Crippen LogP contribution in [0.1, 0.15) is 20.3 Å². The van der Waals surface area contributed by atoms with Crippen LogP contribution in [-0.4, -0.2) is 54.5 Å². The lowest BCUT2D eigenvalue weighted by Gasteiger charge is -2.36. The largest absolute Gasteiger partial charge is 0.340 e. The van der Waals surface area contributed by atoms with Crippen molar-refractivity contribution in [2.75, 3.05) is 32.7 Å². The first-order valence-corrected chi connectivity index (χ1v) is 5.37. The highest BCUT2D eigenvalue weighted by Gasteiger charge is 2.24. The van der Waals surface area contributed by atoms with Gasteiger partial charge in [0.1, 0.15) is 0 Å². The fraction of sp³-hybridized carbons (Fsp3) is 0.900. The Morgan fingerprint density at radius 3 is 2.64 bits per heavy atom. The summed E-state index contributed by atoms with van der Waals surface area (Å²) in [7, 11) is 0. The van der Waals surface area contributed by atoms with Crippen molar-refractivity contribution in [2.45, 2.75) is 26.3 Å². The third kappa shape index (κ3) is 2.96. The molecule has 4 nitrogen and oxygen atoms in total. The van der Waals surface area contributed by atoms with Gasteiger partial charge >= 0.3 is 0 Å². The normalized spacial score (nSPS) is 19.4. The van der Waals surface area contributed by atoms with E-state index in [9.17, 15) is 4.79 Å². The van der Waals surface area contributed by atoms with Crippen molar-refractivity contribution >= 4 is 5.91 Å². The van der Waals surface area contributed by atoms with Gasteiger partial charge in [-0.3, -0.25) is 9.69 Å². The highest BCUT2D eigenvalue weighted by molar-refractivity contribution is 5.79. The number of nitrogens with zero attached hydrogens (tertiary/aromatic N) is 2. The molecule has 1 aliphatic rings. The quantitative estimate of drug-likeness (QED) is 0.687. The van der Waals surface area contributed by atoms with E-state index in [4.69, 9.17) is 5.73 Å². The molecule has 14 heavy (non-hydrogen) atoms. The van der Waals surface area contributed by atoms with Gasteiger partial charge in [-0.15, -0.1) is 0 Å². The average molecular weight is 199 g/mol. The number of carbonyl (C=O) groups is 1. The highest BCUT2D eigenvalue weighted by atomic mass is 16.2. The van der Waals surface area contributed by atoms with Crippen molar-refractivity contribution in [1.82, 2.24) is 9.80 Å². The first kappa shape index (κ1) is 11.5. The van der Waals surface area contributed by atoms with Crippen LogP contribution in [0.15, 0.2) is 0 Å². The molecule has 0 spiro atoms. The molecule has 0 aromatic rings. The van der Waals surface area contributed by atoms with Gasteiger partial charge in [-0.2, -0.15) is 0 Å². The minimum atomic E-state index is 0.249. The lowest BCUT2D eigenvalue weighted by atomic mass is 10.2. The molecule has 0 saturated carbocycles. The topological polar surface area (TPSA) is 49.6 Å². The molecule has 0 bridgehead atoms. The van der Waals surface area contributed by atoms with E-state index in [1.807, 2.05) is 4.90 Å². The van der Waals surface area contributed by atoms with Gasteiger partial charge in [-0.25, -0.2) is 0 Å². The van der Waals surface area contributed by atoms with Crippen LogP contribution < -0.4 is 5.73 Å². The summed E-state index contributed by atoms with van der Waals surface area (Å²) < 4.78 is 0. The maximum atomic E-state index is 11.7. The molecule has 1 rings (SSSR count). The van der Waals surface area contributed by atoms with E-state index >= 15 is 0 Å². The molecule has 0 aromatic heterocycles. The van der Waals surface area contributed by atoms with Gasteiger partial charge in [0.2, 0.25) is 5.91 Å². The summed E-state index contributed by atoms with van der Waals surface area (Å²) in [6.07, 6.45) is 0.910. The molecule has 4 heteroatoms. The monoisotopic (exact) mass is 199 g/mol. The summed E-state index contributed by atoms with van der Waals surface area (Å²) in [5.41, 5.74) is 5.42. The number of carbonyl (C=O) groups excluding carboxylic acids is 1. The molecular formula is C10H21N3O. The van der Waals surface area contributed by atoms with E-state index in [-0.39, 0.29) is 5.91 Å². The Kier molecular flexibility index (Phi) is 4.35. The standard InChI is InChI=1S/C10H21N3O/c1-9(2)13-7-6-12(5-3-4-11)10(14)8-13/h9H,3-8,11H2,1-2H3. The molecule has 1 amide bonds. The third-order valence-electron chi connectivity index (χ3n) is 2.71. The third-order valence-corrected chi connectivity index (χ3v) is 2.71. The zero-order valence-electron chi connectivity index (χ0n) is 9.20. The van der Waals surface area contributed by atoms with E-state index in [0.29, 0.717) is 19.1 Å². The number of rotatable bonds is 4. The zero-order valence-corrected chi connectivity index (χ0v) is 9.20. The fourth-order valence-electron chi connectivity index (χ4n) is 1.69. The van der Waals surface area contributed by atoms with E-state index < -0.39 is 0 Å². The van der Waals surface area contributed by atoms with Gasteiger partial charge < -0.3 is 10.6 Å². The summed E-state index contributed by atoms with van der Waals surface area (Å²) in [4.78, 5) is 15.8. The Bertz CT molecular complexity index is 194. The maximum Gasteiger partial charge on any atom is 0.236 e. The number of piperazine rings is 1. The molecule has 2 N–H and O–H groups in total. The Morgan fingerprint density at radius 2 is 2.14 bits per heavy atom. The first-order valence-electron chi connectivity index (χ1n) is 5.37. The van der Waals surface area contributed by atoms with Gasteiger partial charge in [-0.05, 0) is 26.8 Å². The molecule has 1 aliphatic heterocycles. The summed E-state index contributed by atoms with van der Waals surface area (Å²) in [5, 5.41) is 0. The van der Waals surface area contributed by atoms with Gasteiger partial charge in [0, 0.05) is 25.7 Å². The second kappa shape index (κ2) is 5.32. The van der Waals surface area contributed by atoms with Crippen LogP contribution in [0.2, 0.25) is 0 Å². The smallest absolute Gasteiger partial charge is 0.236 e. The Labute approximate surface area is 86.0 Å². The zero-order chi connectivity index (χ0) is 10.6. The van der Waals surface area contributed by atoms with Crippen molar-refractivity contribution in [1.29, 1.82) is 0 Å². The lowest BCUT2D eigenvalue weighted by molar-refractivity contribution is -0.136. The first-order chi connectivity index (χ1) is 6.65. The summed E-state index contributed by atoms with van der Waals surface area (Å²) in [6, 6.07) is 0.468. The molecule has 1 fully saturated rings. The number of hydrogen-bond donors (Lipinski definition) is 1. The van der Waals surface area contributed by atoms with Crippen molar-refractivity contribution in [3.05, 3.63) is 0 Å².